The van der Waals surface area contributed by atoms with Crippen molar-refractivity contribution in [2.75, 3.05) is 6.61 Å². The molecule has 0 rings (SSSR count). The van der Waals surface area contributed by atoms with Gasteiger partial charge in [0, 0.05) is 6.42 Å². The number of carbonyl (C=O) groups is 1. The summed E-state index contributed by atoms with van der Waals surface area (Å²) in [6, 6.07) is -0.637. The van der Waals surface area contributed by atoms with Gasteiger partial charge in [-0.15, -0.1) is 0 Å². The van der Waals surface area contributed by atoms with E-state index in [-0.39, 0.29) is 12.5 Å². The molecule has 2 atom stereocenters. The lowest BCUT2D eigenvalue weighted by molar-refractivity contribution is -0.123. The first-order valence-electron chi connectivity index (χ1n) is 32.4. The van der Waals surface area contributed by atoms with Gasteiger partial charge in [0.1, 0.15) is 0 Å². The van der Waals surface area contributed by atoms with Gasteiger partial charge in [-0.05, 0) is 96.3 Å². The van der Waals surface area contributed by atoms with Crippen LogP contribution in [0.2, 0.25) is 0 Å². The van der Waals surface area contributed by atoms with Crippen LogP contribution in [0.15, 0.2) is 134 Å². The average Bonchev–Trinajstić information content (AvgIpc) is 3.42. The molecule has 0 spiro atoms. The summed E-state index contributed by atoms with van der Waals surface area (Å²) in [5, 5.41) is 23.2. The molecule has 0 aromatic rings. The molecule has 76 heavy (non-hydrogen) atoms. The van der Waals surface area contributed by atoms with E-state index in [1.54, 1.807) is 6.08 Å². The van der Waals surface area contributed by atoms with E-state index in [0.717, 1.165) is 103 Å². The smallest absolute Gasteiger partial charge is 0.220 e. The number of rotatable bonds is 58. The van der Waals surface area contributed by atoms with E-state index in [2.05, 4.69) is 141 Å². The number of aliphatic hydroxyl groups is 2. The maximum absolute atomic E-state index is 12.5. The zero-order valence-electron chi connectivity index (χ0n) is 50.0. The molecule has 0 saturated carbocycles. The molecule has 0 aliphatic rings. The van der Waals surface area contributed by atoms with E-state index in [1.807, 2.05) is 6.08 Å². The van der Waals surface area contributed by atoms with Gasteiger partial charge in [-0.1, -0.05) is 327 Å². The van der Waals surface area contributed by atoms with Crippen LogP contribution < -0.4 is 5.32 Å². The van der Waals surface area contributed by atoms with Gasteiger partial charge in [-0.2, -0.15) is 0 Å². The van der Waals surface area contributed by atoms with Crippen LogP contribution >= 0.6 is 0 Å². The van der Waals surface area contributed by atoms with Crippen LogP contribution in [-0.2, 0) is 4.79 Å². The van der Waals surface area contributed by atoms with Crippen molar-refractivity contribution in [2.45, 2.75) is 309 Å². The molecule has 434 valence electrons. The van der Waals surface area contributed by atoms with E-state index >= 15 is 0 Å². The molecule has 0 heterocycles. The van der Waals surface area contributed by atoms with Gasteiger partial charge in [0.05, 0.1) is 18.8 Å². The summed E-state index contributed by atoms with van der Waals surface area (Å²) in [5.41, 5.74) is 0. The van der Waals surface area contributed by atoms with Crippen LogP contribution in [0.3, 0.4) is 0 Å². The van der Waals surface area contributed by atoms with Crippen LogP contribution in [0.1, 0.15) is 296 Å². The van der Waals surface area contributed by atoms with Crippen molar-refractivity contribution in [3.05, 3.63) is 134 Å². The van der Waals surface area contributed by atoms with Crippen molar-refractivity contribution in [3.8, 4) is 0 Å². The molecule has 0 fully saturated rings. The molecule has 0 saturated heterocycles. The highest BCUT2D eigenvalue weighted by Crippen LogP contribution is 2.17. The Labute approximate surface area is 472 Å². The molecule has 0 radical (unpaired) electrons. The summed E-state index contributed by atoms with van der Waals surface area (Å²) >= 11 is 0. The molecule has 0 aromatic carbocycles. The van der Waals surface area contributed by atoms with Gasteiger partial charge in [-0.25, -0.2) is 0 Å². The largest absolute Gasteiger partial charge is 0.394 e. The summed E-state index contributed by atoms with van der Waals surface area (Å²) < 4.78 is 0. The summed E-state index contributed by atoms with van der Waals surface area (Å²) in [4.78, 5) is 12.5. The maximum Gasteiger partial charge on any atom is 0.220 e. The quantitative estimate of drug-likeness (QED) is 0.0420. The number of nitrogens with one attached hydrogen (secondary N) is 1. The van der Waals surface area contributed by atoms with Gasteiger partial charge in [0.15, 0.2) is 0 Å². The minimum atomic E-state index is -0.853. The molecule has 0 aliphatic carbocycles. The highest BCUT2D eigenvalue weighted by molar-refractivity contribution is 5.76. The first-order chi connectivity index (χ1) is 37.7. The van der Waals surface area contributed by atoms with Crippen LogP contribution in [0.25, 0.3) is 0 Å². The van der Waals surface area contributed by atoms with Crippen LogP contribution in [0, 0.1) is 0 Å². The molecular weight excluding hydrogens is 927 g/mol. The second-order valence-electron chi connectivity index (χ2n) is 21.5. The topological polar surface area (TPSA) is 69.6 Å². The predicted octanol–water partition coefficient (Wildman–Crippen LogP) is 22.1. The fourth-order valence-electron chi connectivity index (χ4n) is 9.27. The third-order valence-corrected chi connectivity index (χ3v) is 14.1. The lowest BCUT2D eigenvalue weighted by atomic mass is 10.0. The first-order valence-corrected chi connectivity index (χ1v) is 32.4. The standard InChI is InChI=1S/C72H123NO3/c1-3-5-7-9-11-13-15-17-19-21-23-25-27-29-30-31-32-33-34-35-36-37-38-39-40-41-42-44-46-48-50-52-54-56-58-60-62-64-66-68-72(76)73-70(69-74)71(75)67-65-63-61-59-57-55-53-51-49-47-45-43-28-26-24-22-20-18-16-14-12-10-8-6-4-2/h5,7,11,13,17,19,23,25,29-30,32-33,35-36,38-39,41-42,46,48,65,67,70-71,74-75H,3-4,6,8-10,12,14-16,18,20-22,24,26-28,31,34,37,40,43-45,47,49-64,66,68-69H2,1-2H3,(H,73,76)/b7-5-,13-11-,19-17-,25-23-,30-29-,33-32-,36-35-,39-38-,42-41-,48-46-,67-65+. The Morgan fingerprint density at radius 2 is 0.579 bits per heavy atom. The molecule has 0 bridgehead atoms. The van der Waals surface area contributed by atoms with Crippen molar-refractivity contribution in [3.63, 3.8) is 0 Å². The Bertz CT molecular complexity index is 1520. The van der Waals surface area contributed by atoms with Crippen LogP contribution in [-0.4, -0.2) is 34.9 Å². The van der Waals surface area contributed by atoms with Gasteiger partial charge in [0.25, 0.3) is 0 Å². The van der Waals surface area contributed by atoms with Gasteiger partial charge < -0.3 is 15.5 Å². The number of carbonyl (C=O) groups excluding carboxylic acids is 1. The zero-order chi connectivity index (χ0) is 54.8. The first kappa shape index (κ1) is 72.5. The lowest BCUT2D eigenvalue weighted by Gasteiger charge is -2.20. The van der Waals surface area contributed by atoms with E-state index in [1.165, 1.54) is 173 Å². The second kappa shape index (κ2) is 65.8. The van der Waals surface area contributed by atoms with Crippen molar-refractivity contribution in [1.29, 1.82) is 0 Å². The third kappa shape index (κ3) is 61.4. The summed E-state index contributed by atoms with van der Waals surface area (Å²) in [6.07, 6.45) is 102. The SMILES string of the molecule is CC/C=C\C/C=C\C/C=C\C/C=C\C/C=C\C/C=C\C/C=C\C/C=C\C/C=C\C/C=C\CCCCCCCCCCC(=O)NC(CO)C(O)/C=C/CCCCCCCCCCCCCCCCCCCCCCCCC. The number of allylic oxidation sites excluding steroid dienone is 21. The number of hydrogen-bond donors (Lipinski definition) is 3. The fraction of sp³-hybridized carbons (Fsp3) is 0.681. The summed E-state index contributed by atoms with van der Waals surface area (Å²) in [5.74, 6) is -0.0750. The maximum atomic E-state index is 12.5. The van der Waals surface area contributed by atoms with Crippen LogP contribution in [0.4, 0.5) is 0 Å². The Morgan fingerprint density at radius 3 is 0.868 bits per heavy atom. The average molecular weight is 1050 g/mol. The Kier molecular flexibility index (Phi) is 62.8. The predicted molar refractivity (Wildman–Crippen MR) is 340 cm³/mol. The van der Waals surface area contributed by atoms with E-state index in [4.69, 9.17) is 0 Å². The Balaban J connectivity index is 3.60. The van der Waals surface area contributed by atoms with Gasteiger partial charge >= 0.3 is 0 Å². The normalized spacial score (nSPS) is 13.7. The number of hydrogen-bond acceptors (Lipinski definition) is 3. The highest BCUT2D eigenvalue weighted by Gasteiger charge is 2.18. The van der Waals surface area contributed by atoms with Crippen molar-refractivity contribution in [2.24, 2.45) is 0 Å². The zero-order valence-corrected chi connectivity index (χ0v) is 50.0. The molecule has 1 amide bonds. The van der Waals surface area contributed by atoms with Gasteiger partial charge in [-0.3, -0.25) is 4.79 Å². The Hall–Kier alpha value is -3.47. The molecular formula is C72H123NO3. The minimum Gasteiger partial charge on any atom is -0.394 e. The molecule has 3 N–H and O–H groups in total. The molecule has 4 nitrogen and oxygen atoms in total. The fourth-order valence-corrected chi connectivity index (χ4v) is 9.27. The van der Waals surface area contributed by atoms with Gasteiger partial charge in [0.2, 0.25) is 5.91 Å². The minimum absolute atomic E-state index is 0.0750. The van der Waals surface area contributed by atoms with E-state index < -0.39 is 12.1 Å². The lowest BCUT2D eigenvalue weighted by Crippen LogP contribution is -2.45. The molecule has 4 heteroatoms. The van der Waals surface area contributed by atoms with E-state index in [0.29, 0.717) is 6.42 Å². The summed E-state index contributed by atoms with van der Waals surface area (Å²) in [7, 11) is 0. The third-order valence-electron chi connectivity index (χ3n) is 14.1. The van der Waals surface area contributed by atoms with Crippen molar-refractivity contribution < 1.29 is 15.0 Å². The number of amides is 1. The number of aliphatic hydroxyl groups excluding tert-OH is 2. The number of unbranched alkanes of at least 4 members (excludes halogenated alkanes) is 31. The van der Waals surface area contributed by atoms with Crippen LogP contribution in [0.5, 0.6) is 0 Å². The second-order valence-corrected chi connectivity index (χ2v) is 21.5. The monoisotopic (exact) mass is 1050 g/mol. The molecule has 0 aromatic heterocycles. The molecule has 0 aliphatic heterocycles. The Morgan fingerprint density at radius 1 is 0.329 bits per heavy atom. The van der Waals surface area contributed by atoms with Crippen molar-refractivity contribution >= 4 is 5.91 Å². The van der Waals surface area contributed by atoms with Crippen molar-refractivity contribution in [1.82, 2.24) is 5.32 Å². The summed E-state index contributed by atoms with van der Waals surface area (Å²) in [6.45, 7) is 4.21. The molecule has 2 unspecified atom stereocenters. The highest BCUT2D eigenvalue weighted by atomic mass is 16.3. The van der Waals surface area contributed by atoms with E-state index in [9.17, 15) is 15.0 Å².